The highest BCUT2D eigenvalue weighted by Crippen LogP contribution is 2.06. The first-order valence-electron chi connectivity index (χ1n) is 2.84. The molecule has 0 unspecified atom stereocenters. The van der Waals surface area contributed by atoms with Gasteiger partial charge in [0.2, 0.25) is 0 Å². The summed E-state index contributed by atoms with van der Waals surface area (Å²) in [4.78, 5) is 17.6. The monoisotopic (exact) mass is 166 g/mol. The van der Waals surface area contributed by atoms with Crippen molar-refractivity contribution < 1.29 is 29.8 Å². The molecule has 11 heavy (non-hydrogen) atoms. The van der Waals surface area contributed by atoms with Crippen LogP contribution in [0.1, 0.15) is 20.8 Å². The fourth-order valence-corrected chi connectivity index (χ4v) is 0.159. The van der Waals surface area contributed by atoms with E-state index in [0.29, 0.717) is 0 Å². The Kier molecular flexibility index (Phi) is 3.80. The van der Waals surface area contributed by atoms with Crippen LogP contribution in [0.2, 0.25) is 0 Å². The summed E-state index contributed by atoms with van der Waals surface area (Å²) in [6.07, 6.45) is -1.61. The van der Waals surface area contributed by atoms with E-state index in [-0.39, 0.29) is 0 Å². The van der Waals surface area contributed by atoms with Gasteiger partial charge in [-0.05, 0) is 25.8 Å². The second-order valence-electron chi connectivity index (χ2n) is 2.68. The van der Waals surface area contributed by atoms with Crippen molar-refractivity contribution in [2.45, 2.75) is 26.4 Å². The van der Waals surface area contributed by atoms with Gasteiger partial charge in [-0.1, -0.05) is 0 Å². The zero-order valence-electron chi connectivity index (χ0n) is 6.49. The predicted molar refractivity (Wildman–Crippen MR) is 32.1 cm³/mol. The summed E-state index contributed by atoms with van der Waals surface area (Å²) in [6.45, 7) is 5.07. The number of carbonyl (C=O) groups is 1. The van der Waals surface area contributed by atoms with Crippen LogP contribution in [-0.4, -0.2) is 16.9 Å². The summed E-state index contributed by atoms with van der Waals surface area (Å²) in [5.74, 6) is 0. The van der Waals surface area contributed by atoms with Crippen molar-refractivity contribution in [3.05, 3.63) is 0 Å². The molecule has 6 heteroatoms. The molecule has 0 amide bonds. The van der Waals surface area contributed by atoms with Crippen molar-refractivity contribution >= 4 is 6.16 Å². The number of carboxylic acid groups (broad SMARTS) is 1. The van der Waals surface area contributed by atoms with Gasteiger partial charge in [0.05, 0.1) is 5.60 Å². The van der Waals surface area contributed by atoms with Crippen LogP contribution in [0.15, 0.2) is 0 Å². The normalized spacial score (nSPS) is 11.2. The second kappa shape index (κ2) is 4.12. The third-order valence-electron chi connectivity index (χ3n) is 0.417. The third-order valence-corrected chi connectivity index (χ3v) is 0.417. The molecule has 0 aliphatic rings. The lowest BCUT2D eigenvalue weighted by molar-refractivity contribution is -0.633. The van der Waals surface area contributed by atoms with Gasteiger partial charge in [-0.2, -0.15) is 4.89 Å². The minimum Gasteiger partial charge on any atom is -0.448 e. The highest BCUT2D eigenvalue weighted by molar-refractivity contribution is 5.55. The lowest BCUT2D eigenvalue weighted by atomic mass is 10.2. The molecule has 0 heterocycles. The van der Waals surface area contributed by atoms with E-state index in [2.05, 4.69) is 19.9 Å². The van der Waals surface area contributed by atoms with Gasteiger partial charge < -0.3 is 5.11 Å². The van der Waals surface area contributed by atoms with Gasteiger partial charge in [0, 0.05) is 5.04 Å². The Morgan fingerprint density at radius 2 is 1.82 bits per heavy atom. The van der Waals surface area contributed by atoms with Gasteiger partial charge in [0.1, 0.15) is 0 Å². The summed E-state index contributed by atoms with van der Waals surface area (Å²) in [5, 5.41) is 15.4. The Hall–Kier alpha value is -0.850. The molecule has 0 radical (unpaired) electrons. The molecule has 0 aromatic carbocycles. The average molecular weight is 166 g/mol. The van der Waals surface area contributed by atoms with Crippen LogP contribution in [0.25, 0.3) is 0 Å². The lowest BCUT2D eigenvalue weighted by Gasteiger charge is -2.14. The summed E-state index contributed by atoms with van der Waals surface area (Å²) in [7, 11) is 0. The Morgan fingerprint density at radius 1 is 1.27 bits per heavy atom. The summed E-state index contributed by atoms with van der Waals surface area (Å²) < 4.78 is 0. The maximum absolute atomic E-state index is 9.64. The largest absolute Gasteiger partial charge is 0.540 e. The molecule has 0 fully saturated rings. The van der Waals surface area contributed by atoms with Crippen LogP contribution in [0, 0.1) is 0 Å². The van der Waals surface area contributed by atoms with Crippen LogP contribution in [0.3, 0.4) is 0 Å². The first-order valence-corrected chi connectivity index (χ1v) is 2.84. The highest BCUT2D eigenvalue weighted by atomic mass is 17.7. The van der Waals surface area contributed by atoms with E-state index in [1.165, 1.54) is 0 Å². The van der Waals surface area contributed by atoms with Gasteiger partial charge in [-0.15, -0.1) is 0 Å². The van der Waals surface area contributed by atoms with Crippen molar-refractivity contribution in [2.24, 2.45) is 0 Å². The summed E-state index contributed by atoms with van der Waals surface area (Å²) in [5.41, 5.74) is -0.581. The zero-order valence-corrected chi connectivity index (χ0v) is 6.49. The zero-order chi connectivity index (χ0) is 8.91. The fraction of sp³-hybridized carbons (Fsp3) is 0.800. The molecule has 0 aliphatic carbocycles. The van der Waals surface area contributed by atoms with Crippen LogP contribution in [0.5, 0.6) is 0 Å². The molecule has 66 valence electrons. The molecular formula is C5H10O6. The topological polar surface area (TPSA) is 74.2 Å². The maximum Gasteiger partial charge on any atom is 0.540 e. The molecule has 0 rings (SSSR count). The Labute approximate surface area is 63.4 Å². The molecule has 0 aromatic rings. The molecule has 0 aromatic heterocycles. The van der Waals surface area contributed by atoms with Gasteiger partial charge in [-0.3, -0.25) is 0 Å². The van der Waals surface area contributed by atoms with E-state index in [1.807, 2.05) is 0 Å². The van der Waals surface area contributed by atoms with Crippen molar-refractivity contribution in [3.63, 3.8) is 0 Å². The van der Waals surface area contributed by atoms with E-state index in [4.69, 9.17) is 5.11 Å². The van der Waals surface area contributed by atoms with E-state index < -0.39 is 11.8 Å². The quantitative estimate of drug-likeness (QED) is 0.386. The van der Waals surface area contributed by atoms with Gasteiger partial charge in [0.15, 0.2) is 0 Å². The van der Waals surface area contributed by atoms with Crippen molar-refractivity contribution in [2.75, 3.05) is 0 Å². The Balaban J connectivity index is 3.22. The van der Waals surface area contributed by atoms with Gasteiger partial charge >= 0.3 is 6.16 Å². The minimum atomic E-state index is -1.61. The average Bonchev–Trinajstić information content (AvgIpc) is 1.78. The molecule has 1 N–H and O–H groups in total. The molecular weight excluding hydrogens is 156 g/mol. The van der Waals surface area contributed by atoms with Crippen molar-refractivity contribution in [3.8, 4) is 0 Å². The number of rotatable bonds is 3. The van der Waals surface area contributed by atoms with Crippen LogP contribution < -0.4 is 0 Å². The molecule has 0 spiro atoms. The van der Waals surface area contributed by atoms with Crippen molar-refractivity contribution in [1.29, 1.82) is 0 Å². The highest BCUT2D eigenvalue weighted by Gasteiger charge is 2.12. The lowest BCUT2D eigenvalue weighted by Crippen LogP contribution is -2.20. The molecule has 0 atom stereocenters. The standard InChI is InChI=1S/C5H10O6/c1-5(2,3)9-11-10-8-4(6)7/h1-3H3,(H,6,7). The van der Waals surface area contributed by atoms with Crippen LogP contribution in [0.4, 0.5) is 4.79 Å². The SMILES string of the molecule is CC(C)(C)OOOOC(=O)O. The maximum atomic E-state index is 9.64. The summed E-state index contributed by atoms with van der Waals surface area (Å²) >= 11 is 0. The van der Waals surface area contributed by atoms with E-state index in [9.17, 15) is 4.79 Å². The van der Waals surface area contributed by atoms with E-state index in [0.717, 1.165) is 0 Å². The number of hydrogen-bond donors (Lipinski definition) is 1. The predicted octanol–water partition coefficient (Wildman–Crippen LogP) is 1.27. The molecule has 0 saturated carbocycles. The first kappa shape index (κ1) is 10.2. The molecule has 0 bridgehead atoms. The molecule has 6 nitrogen and oxygen atoms in total. The third kappa shape index (κ3) is 9.15. The van der Waals surface area contributed by atoms with E-state index in [1.54, 1.807) is 20.8 Å². The Morgan fingerprint density at radius 3 is 2.18 bits per heavy atom. The Bertz CT molecular complexity index is 125. The van der Waals surface area contributed by atoms with Crippen LogP contribution >= 0.6 is 0 Å². The first-order chi connectivity index (χ1) is 4.92. The smallest absolute Gasteiger partial charge is 0.448 e. The minimum absolute atomic E-state index is 0.581. The van der Waals surface area contributed by atoms with Crippen LogP contribution in [-0.2, 0) is 19.9 Å². The van der Waals surface area contributed by atoms with Crippen molar-refractivity contribution in [1.82, 2.24) is 0 Å². The second-order valence-corrected chi connectivity index (χ2v) is 2.68. The summed E-state index contributed by atoms with van der Waals surface area (Å²) in [6, 6.07) is 0. The molecule has 0 saturated heterocycles. The fourth-order valence-electron chi connectivity index (χ4n) is 0.159. The molecule has 0 aliphatic heterocycles. The number of hydrogen-bond acceptors (Lipinski definition) is 5. The van der Waals surface area contributed by atoms with Gasteiger partial charge in [0.25, 0.3) is 0 Å². The van der Waals surface area contributed by atoms with E-state index >= 15 is 0 Å². The van der Waals surface area contributed by atoms with Gasteiger partial charge in [-0.25, -0.2) is 9.68 Å².